The Morgan fingerprint density at radius 2 is 1.94 bits per heavy atom. The maximum absolute atomic E-state index is 11.7. The highest BCUT2D eigenvalue weighted by Gasteiger charge is 2.01. The van der Waals surface area contributed by atoms with E-state index in [1.54, 1.807) is 48.7 Å². The van der Waals surface area contributed by atoms with Crippen molar-refractivity contribution in [1.29, 1.82) is 0 Å². The predicted octanol–water partition coefficient (Wildman–Crippen LogP) is 3.83. The third-order valence-electron chi connectivity index (χ3n) is 2.07. The summed E-state index contributed by atoms with van der Waals surface area (Å²) >= 11 is 5.73. The van der Waals surface area contributed by atoms with E-state index in [0.717, 1.165) is 0 Å². The molecule has 2 rings (SSSR count). The van der Waals surface area contributed by atoms with Gasteiger partial charge in [0.1, 0.15) is 5.76 Å². The molecule has 0 unspecified atom stereocenters. The van der Waals surface area contributed by atoms with Gasteiger partial charge in [-0.25, -0.2) is 0 Å². The second-order valence-corrected chi connectivity index (χ2v) is 3.66. The molecule has 0 spiro atoms. The quantitative estimate of drug-likeness (QED) is 0.595. The molecule has 0 saturated heterocycles. The minimum absolute atomic E-state index is 0.0759. The maximum atomic E-state index is 11.7. The number of carbonyl (C=O) groups is 1. The molecule has 1 aromatic heterocycles. The van der Waals surface area contributed by atoms with E-state index in [-0.39, 0.29) is 5.78 Å². The zero-order chi connectivity index (χ0) is 11.4. The largest absolute Gasteiger partial charge is 0.465 e. The number of halogens is 1. The number of hydrogen-bond acceptors (Lipinski definition) is 2. The molecular weight excluding hydrogens is 224 g/mol. The van der Waals surface area contributed by atoms with Gasteiger partial charge < -0.3 is 4.42 Å². The second-order valence-electron chi connectivity index (χ2n) is 3.22. The Morgan fingerprint density at radius 1 is 1.19 bits per heavy atom. The van der Waals surface area contributed by atoms with E-state index in [1.807, 2.05) is 0 Å². The third-order valence-corrected chi connectivity index (χ3v) is 2.32. The van der Waals surface area contributed by atoms with Gasteiger partial charge in [0.25, 0.3) is 0 Å². The Hall–Kier alpha value is -1.80. The molecule has 0 bridgehead atoms. The van der Waals surface area contributed by atoms with Gasteiger partial charge in [-0.1, -0.05) is 11.6 Å². The van der Waals surface area contributed by atoms with E-state index in [4.69, 9.17) is 16.0 Å². The summed E-state index contributed by atoms with van der Waals surface area (Å²) in [5.41, 5.74) is 0.604. The highest BCUT2D eigenvalue weighted by atomic mass is 35.5. The lowest BCUT2D eigenvalue weighted by atomic mass is 10.1. The van der Waals surface area contributed by atoms with E-state index in [0.29, 0.717) is 16.3 Å². The molecule has 1 heterocycles. The Bertz CT molecular complexity index is 495. The van der Waals surface area contributed by atoms with Crippen LogP contribution < -0.4 is 0 Å². The molecule has 0 aliphatic heterocycles. The monoisotopic (exact) mass is 232 g/mol. The number of hydrogen-bond donors (Lipinski definition) is 0. The molecule has 0 aliphatic rings. The van der Waals surface area contributed by atoms with Crippen LogP contribution >= 0.6 is 11.6 Å². The van der Waals surface area contributed by atoms with E-state index < -0.39 is 0 Å². The van der Waals surface area contributed by atoms with Crippen LogP contribution in [0.25, 0.3) is 6.08 Å². The van der Waals surface area contributed by atoms with Crippen LogP contribution in [0.5, 0.6) is 0 Å². The zero-order valence-electron chi connectivity index (χ0n) is 8.39. The Labute approximate surface area is 98.2 Å². The van der Waals surface area contributed by atoms with Crippen LogP contribution in [0.3, 0.4) is 0 Å². The molecule has 0 saturated carbocycles. The summed E-state index contributed by atoms with van der Waals surface area (Å²) in [4.78, 5) is 11.7. The van der Waals surface area contributed by atoms with Crippen molar-refractivity contribution in [3.05, 3.63) is 65.1 Å². The Kier molecular flexibility index (Phi) is 3.22. The fourth-order valence-corrected chi connectivity index (χ4v) is 1.38. The fraction of sp³-hybridized carbons (Fsp3) is 0. The molecule has 2 nitrogen and oxygen atoms in total. The Morgan fingerprint density at radius 3 is 2.56 bits per heavy atom. The second kappa shape index (κ2) is 4.81. The number of ketones is 1. The lowest BCUT2D eigenvalue weighted by Gasteiger charge is -1.94. The van der Waals surface area contributed by atoms with Crippen LogP contribution in [-0.4, -0.2) is 5.78 Å². The van der Waals surface area contributed by atoms with E-state index in [9.17, 15) is 4.79 Å². The van der Waals surface area contributed by atoms with Crippen molar-refractivity contribution < 1.29 is 9.21 Å². The lowest BCUT2D eigenvalue weighted by Crippen LogP contribution is -1.92. The molecule has 2 aromatic rings. The predicted molar refractivity (Wildman–Crippen MR) is 63.5 cm³/mol. The number of furan rings is 1. The Balaban J connectivity index is 2.11. The minimum atomic E-state index is -0.0759. The van der Waals surface area contributed by atoms with Crippen molar-refractivity contribution in [2.75, 3.05) is 0 Å². The minimum Gasteiger partial charge on any atom is -0.465 e. The summed E-state index contributed by atoms with van der Waals surface area (Å²) in [6.07, 6.45) is 4.67. The van der Waals surface area contributed by atoms with Gasteiger partial charge >= 0.3 is 0 Å². The first kappa shape index (κ1) is 10.7. The topological polar surface area (TPSA) is 30.2 Å². The molecule has 0 aliphatic carbocycles. The molecule has 0 N–H and O–H groups in total. The van der Waals surface area contributed by atoms with Gasteiger partial charge in [0, 0.05) is 10.6 Å². The van der Waals surface area contributed by atoms with Crippen molar-refractivity contribution >= 4 is 23.5 Å². The van der Waals surface area contributed by atoms with Crippen LogP contribution in [0.1, 0.15) is 16.1 Å². The fourth-order valence-electron chi connectivity index (χ4n) is 1.25. The highest BCUT2D eigenvalue weighted by molar-refractivity contribution is 6.30. The molecule has 80 valence electrons. The summed E-state index contributed by atoms with van der Waals surface area (Å²) in [5, 5.41) is 0.617. The van der Waals surface area contributed by atoms with Gasteiger partial charge in [0.05, 0.1) is 6.26 Å². The van der Waals surface area contributed by atoms with Crippen molar-refractivity contribution in [1.82, 2.24) is 0 Å². The first-order valence-electron chi connectivity index (χ1n) is 4.77. The van der Waals surface area contributed by atoms with Crippen LogP contribution in [0.4, 0.5) is 0 Å². The van der Waals surface area contributed by atoms with E-state index in [1.165, 1.54) is 6.08 Å². The SMILES string of the molecule is O=C(/C=C\c1ccco1)c1ccc(Cl)cc1. The highest BCUT2D eigenvalue weighted by Crippen LogP contribution is 2.11. The molecule has 3 heteroatoms. The molecule has 1 aromatic carbocycles. The van der Waals surface area contributed by atoms with Gasteiger partial charge in [-0.3, -0.25) is 4.79 Å². The first-order chi connectivity index (χ1) is 7.75. The van der Waals surface area contributed by atoms with Crippen LogP contribution in [0.2, 0.25) is 5.02 Å². The zero-order valence-corrected chi connectivity index (χ0v) is 9.15. The van der Waals surface area contributed by atoms with E-state index in [2.05, 4.69) is 0 Å². The van der Waals surface area contributed by atoms with Crippen molar-refractivity contribution in [2.24, 2.45) is 0 Å². The van der Waals surface area contributed by atoms with Gasteiger partial charge in [-0.15, -0.1) is 0 Å². The van der Waals surface area contributed by atoms with Crippen molar-refractivity contribution in [3.63, 3.8) is 0 Å². The molecular formula is C13H9ClO2. The van der Waals surface area contributed by atoms with E-state index >= 15 is 0 Å². The summed E-state index contributed by atoms with van der Waals surface area (Å²) < 4.78 is 5.08. The standard InChI is InChI=1S/C13H9ClO2/c14-11-5-3-10(4-6-11)13(15)8-7-12-2-1-9-16-12/h1-9H/b8-7-. The summed E-state index contributed by atoms with van der Waals surface area (Å²) in [7, 11) is 0. The first-order valence-corrected chi connectivity index (χ1v) is 5.15. The smallest absolute Gasteiger partial charge is 0.185 e. The van der Waals surface area contributed by atoms with Gasteiger partial charge in [0.15, 0.2) is 5.78 Å². The van der Waals surface area contributed by atoms with Crippen LogP contribution in [0.15, 0.2) is 53.2 Å². The number of carbonyl (C=O) groups excluding carboxylic acids is 1. The van der Waals surface area contributed by atoms with Crippen molar-refractivity contribution in [3.8, 4) is 0 Å². The average molecular weight is 233 g/mol. The molecule has 0 amide bonds. The van der Waals surface area contributed by atoms with Gasteiger partial charge in [-0.2, -0.15) is 0 Å². The normalized spacial score (nSPS) is 10.8. The summed E-state index contributed by atoms with van der Waals surface area (Å²) in [6.45, 7) is 0. The summed E-state index contributed by atoms with van der Waals surface area (Å²) in [6, 6.07) is 10.3. The van der Waals surface area contributed by atoms with Gasteiger partial charge in [-0.05, 0) is 48.6 Å². The number of benzene rings is 1. The third kappa shape index (κ3) is 2.61. The molecule has 0 atom stereocenters. The lowest BCUT2D eigenvalue weighted by molar-refractivity contribution is 0.104. The molecule has 0 radical (unpaired) electrons. The number of rotatable bonds is 3. The van der Waals surface area contributed by atoms with Crippen LogP contribution in [-0.2, 0) is 0 Å². The molecule has 0 fully saturated rings. The van der Waals surface area contributed by atoms with Gasteiger partial charge in [0.2, 0.25) is 0 Å². The average Bonchev–Trinajstić information content (AvgIpc) is 2.80. The maximum Gasteiger partial charge on any atom is 0.185 e. The number of allylic oxidation sites excluding steroid dienone is 1. The van der Waals surface area contributed by atoms with Crippen LogP contribution in [0, 0.1) is 0 Å². The molecule has 16 heavy (non-hydrogen) atoms. The van der Waals surface area contributed by atoms with Crippen molar-refractivity contribution in [2.45, 2.75) is 0 Å². The summed E-state index contributed by atoms with van der Waals surface area (Å²) in [5.74, 6) is 0.579.